The summed E-state index contributed by atoms with van der Waals surface area (Å²) in [7, 11) is 0. The molecular formula is C23H26N4O2. The largest absolute Gasteiger partial charge is 0.361 e. The Kier molecular flexibility index (Phi) is 5.89. The van der Waals surface area contributed by atoms with E-state index in [-0.39, 0.29) is 17.7 Å². The number of fused-ring (bicyclic) bond motifs is 1. The highest BCUT2D eigenvalue weighted by atomic mass is 16.2. The standard InChI is InChI=1S/C23H26N4O2/c28-22(8-7-18-15-25-21-6-2-1-5-20(18)21)27-13-3-4-19(16-27)23(29)26-14-17-9-11-24-12-10-17/h1-2,5-6,9-12,15,19,25H,3-4,7-8,13-14,16H2,(H,26,29)/t19-/m0/s1. The lowest BCUT2D eigenvalue weighted by Gasteiger charge is -2.32. The third-order valence-electron chi connectivity index (χ3n) is 5.64. The van der Waals surface area contributed by atoms with Crippen LogP contribution in [0.1, 0.15) is 30.4 Å². The van der Waals surface area contributed by atoms with E-state index in [1.165, 1.54) is 5.39 Å². The molecule has 2 N–H and O–H groups in total. The van der Waals surface area contributed by atoms with Gasteiger partial charge in [-0.3, -0.25) is 14.6 Å². The number of benzene rings is 1. The van der Waals surface area contributed by atoms with E-state index in [4.69, 9.17) is 0 Å². The molecule has 6 nitrogen and oxygen atoms in total. The molecule has 2 aromatic heterocycles. The highest BCUT2D eigenvalue weighted by molar-refractivity contribution is 5.84. The Bertz CT molecular complexity index is 983. The van der Waals surface area contributed by atoms with Gasteiger partial charge in [-0.25, -0.2) is 0 Å². The molecule has 1 saturated heterocycles. The molecule has 2 amide bonds. The van der Waals surface area contributed by atoms with Crippen LogP contribution in [0.4, 0.5) is 0 Å². The number of carbonyl (C=O) groups excluding carboxylic acids is 2. The monoisotopic (exact) mass is 390 g/mol. The van der Waals surface area contributed by atoms with Crippen molar-refractivity contribution in [1.82, 2.24) is 20.2 Å². The van der Waals surface area contributed by atoms with E-state index in [0.29, 0.717) is 25.9 Å². The van der Waals surface area contributed by atoms with E-state index >= 15 is 0 Å². The molecule has 0 radical (unpaired) electrons. The SMILES string of the molecule is O=C(NCc1ccncc1)[C@H]1CCCN(C(=O)CCc2c[nH]c3ccccc23)C1. The van der Waals surface area contributed by atoms with Crippen LogP contribution in [0.25, 0.3) is 10.9 Å². The maximum absolute atomic E-state index is 12.8. The van der Waals surface area contributed by atoms with Crippen LogP contribution in [-0.2, 0) is 22.6 Å². The molecule has 150 valence electrons. The van der Waals surface area contributed by atoms with Gasteiger partial charge >= 0.3 is 0 Å². The number of carbonyl (C=O) groups is 2. The first-order chi connectivity index (χ1) is 14.2. The van der Waals surface area contributed by atoms with E-state index < -0.39 is 0 Å². The van der Waals surface area contributed by atoms with Gasteiger partial charge in [0.1, 0.15) is 0 Å². The molecule has 6 heteroatoms. The molecule has 1 fully saturated rings. The molecule has 0 bridgehead atoms. The minimum absolute atomic E-state index is 0.0240. The molecule has 3 aromatic rings. The number of hydrogen-bond acceptors (Lipinski definition) is 3. The lowest BCUT2D eigenvalue weighted by atomic mass is 9.96. The molecule has 1 atom stereocenters. The number of aromatic nitrogens is 2. The lowest BCUT2D eigenvalue weighted by molar-refractivity contribution is -0.135. The highest BCUT2D eigenvalue weighted by Gasteiger charge is 2.28. The first kappa shape index (κ1) is 19.2. The molecule has 4 rings (SSSR count). The van der Waals surface area contributed by atoms with Crippen molar-refractivity contribution in [3.8, 4) is 0 Å². The van der Waals surface area contributed by atoms with E-state index in [1.54, 1.807) is 12.4 Å². The van der Waals surface area contributed by atoms with Crippen molar-refractivity contribution >= 4 is 22.7 Å². The zero-order valence-electron chi connectivity index (χ0n) is 16.4. The van der Waals surface area contributed by atoms with Crippen LogP contribution < -0.4 is 5.32 Å². The summed E-state index contributed by atoms with van der Waals surface area (Å²) in [5.74, 6) is 0.0143. The number of aryl methyl sites for hydroxylation is 1. The second kappa shape index (κ2) is 8.90. The zero-order valence-corrected chi connectivity index (χ0v) is 16.4. The molecule has 0 spiro atoms. The summed E-state index contributed by atoms with van der Waals surface area (Å²) >= 11 is 0. The normalized spacial score (nSPS) is 16.7. The van der Waals surface area contributed by atoms with Gasteiger partial charge in [0.25, 0.3) is 0 Å². The fraction of sp³-hybridized carbons (Fsp3) is 0.348. The van der Waals surface area contributed by atoms with Crippen molar-refractivity contribution in [2.24, 2.45) is 5.92 Å². The smallest absolute Gasteiger partial charge is 0.225 e. The maximum atomic E-state index is 12.8. The van der Waals surface area contributed by atoms with Gasteiger partial charge in [0, 0.05) is 55.5 Å². The van der Waals surface area contributed by atoms with Crippen LogP contribution >= 0.6 is 0 Å². The van der Waals surface area contributed by atoms with Gasteiger partial charge in [-0.05, 0) is 48.6 Å². The Morgan fingerprint density at radius 1 is 1.17 bits per heavy atom. The van der Waals surface area contributed by atoms with Crippen molar-refractivity contribution in [1.29, 1.82) is 0 Å². The summed E-state index contributed by atoms with van der Waals surface area (Å²) in [6, 6.07) is 11.9. The van der Waals surface area contributed by atoms with Gasteiger partial charge in [0.05, 0.1) is 5.92 Å². The maximum Gasteiger partial charge on any atom is 0.225 e. The number of nitrogens with one attached hydrogen (secondary N) is 2. The predicted molar refractivity (Wildman–Crippen MR) is 112 cm³/mol. The molecule has 0 saturated carbocycles. The number of pyridine rings is 1. The number of hydrogen-bond donors (Lipinski definition) is 2. The zero-order chi connectivity index (χ0) is 20.1. The Labute approximate surface area is 170 Å². The van der Waals surface area contributed by atoms with E-state index in [9.17, 15) is 9.59 Å². The van der Waals surface area contributed by atoms with Crippen LogP contribution in [0.2, 0.25) is 0 Å². The average Bonchev–Trinajstić information content (AvgIpc) is 3.20. The number of piperidine rings is 1. The van der Waals surface area contributed by atoms with Crippen molar-refractivity contribution in [2.45, 2.75) is 32.2 Å². The summed E-state index contributed by atoms with van der Waals surface area (Å²) in [5, 5.41) is 4.17. The number of aromatic amines is 1. The van der Waals surface area contributed by atoms with Crippen molar-refractivity contribution in [3.05, 3.63) is 66.1 Å². The van der Waals surface area contributed by atoms with Gasteiger partial charge in [-0.15, -0.1) is 0 Å². The summed E-state index contributed by atoms with van der Waals surface area (Å²) in [5.41, 5.74) is 3.28. The van der Waals surface area contributed by atoms with Crippen LogP contribution in [0, 0.1) is 5.92 Å². The number of rotatable bonds is 6. The molecule has 29 heavy (non-hydrogen) atoms. The number of amides is 2. The summed E-state index contributed by atoms with van der Waals surface area (Å²) in [6.45, 7) is 1.74. The molecule has 1 aliphatic heterocycles. The topological polar surface area (TPSA) is 78.1 Å². The Morgan fingerprint density at radius 2 is 2.00 bits per heavy atom. The summed E-state index contributed by atoms with van der Waals surface area (Å²) in [6.07, 6.45) is 8.29. The molecule has 0 unspecified atom stereocenters. The van der Waals surface area contributed by atoms with Crippen molar-refractivity contribution in [3.63, 3.8) is 0 Å². The van der Waals surface area contributed by atoms with Gasteiger partial charge in [-0.2, -0.15) is 0 Å². The Hall–Kier alpha value is -3.15. The lowest BCUT2D eigenvalue weighted by Crippen LogP contribution is -2.45. The van der Waals surface area contributed by atoms with Gasteiger partial charge in [0.2, 0.25) is 11.8 Å². The fourth-order valence-corrected chi connectivity index (χ4v) is 3.99. The first-order valence-electron chi connectivity index (χ1n) is 10.2. The second-order valence-electron chi connectivity index (χ2n) is 7.61. The molecule has 1 aliphatic rings. The number of H-pyrrole nitrogens is 1. The van der Waals surface area contributed by atoms with E-state index in [2.05, 4.69) is 21.4 Å². The summed E-state index contributed by atoms with van der Waals surface area (Å²) < 4.78 is 0. The van der Waals surface area contributed by atoms with E-state index in [1.807, 2.05) is 41.4 Å². The van der Waals surface area contributed by atoms with Crippen LogP contribution in [0.3, 0.4) is 0 Å². The third kappa shape index (κ3) is 4.65. The number of para-hydroxylation sites is 1. The highest BCUT2D eigenvalue weighted by Crippen LogP contribution is 2.21. The predicted octanol–water partition coefficient (Wildman–Crippen LogP) is 3.05. The quantitative estimate of drug-likeness (QED) is 0.679. The van der Waals surface area contributed by atoms with Crippen LogP contribution in [0.5, 0.6) is 0 Å². The fourth-order valence-electron chi connectivity index (χ4n) is 3.99. The molecular weight excluding hydrogens is 364 g/mol. The van der Waals surface area contributed by atoms with E-state index in [0.717, 1.165) is 36.0 Å². The van der Waals surface area contributed by atoms with Gasteiger partial charge in [-0.1, -0.05) is 18.2 Å². The number of likely N-dealkylation sites (tertiary alicyclic amines) is 1. The van der Waals surface area contributed by atoms with Gasteiger partial charge < -0.3 is 15.2 Å². The van der Waals surface area contributed by atoms with Gasteiger partial charge in [0.15, 0.2) is 0 Å². The molecule has 1 aromatic carbocycles. The average molecular weight is 390 g/mol. The summed E-state index contributed by atoms with van der Waals surface area (Å²) in [4.78, 5) is 34.4. The van der Waals surface area contributed by atoms with Crippen molar-refractivity contribution in [2.75, 3.05) is 13.1 Å². The molecule has 0 aliphatic carbocycles. The molecule has 3 heterocycles. The Morgan fingerprint density at radius 3 is 2.86 bits per heavy atom. The van der Waals surface area contributed by atoms with Crippen molar-refractivity contribution < 1.29 is 9.59 Å². The Balaban J connectivity index is 1.29. The first-order valence-corrected chi connectivity index (χ1v) is 10.2. The third-order valence-corrected chi connectivity index (χ3v) is 5.64. The van der Waals surface area contributed by atoms with Crippen LogP contribution in [0.15, 0.2) is 55.0 Å². The minimum Gasteiger partial charge on any atom is -0.361 e. The number of nitrogens with zero attached hydrogens (tertiary/aromatic N) is 2. The minimum atomic E-state index is -0.136. The second-order valence-corrected chi connectivity index (χ2v) is 7.61. The van der Waals surface area contributed by atoms with Crippen LogP contribution in [-0.4, -0.2) is 39.8 Å².